The van der Waals surface area contributed by atoms with Crippen LogP contribution in [0.1, 0.15) is 12.5 Å². The lowest BCUT2D eigenvalue weighted by molar-refractivity contribution is -0.144. The van der Waals surface area contributed by atoms with Crippen LogP contribution in [0.2, 0.25) is 0 Å². The molecule has 0 fully saturated rings. The SMILES string of the molecule is CCOC(=O)C(Cc1ccccc1)N=c1sn(-c2ccccc2)c(=O)n1C. The molecule has 2 aromatic carbocycles. The van der Waals surface area contributed by atoms with E-state index in [-0.39, 0.29) is 12.3 Å². The van der Waals surface area contributed by atoms with Gasteiger partial charge >= 0.3 is 11.7 Å². The van der Waals surface area contributed by atoms with Gasteiger partial charge in [0.05, 0.1) is 12.3 Å². The van der Waals surface area contributed by atoms with Crippen LogP contribution in [-0.4, -0.2) is 27.1 Å². The normalized spacial score (nSPS) is 12.7. The zero-order valence-electron chi connectivity index (χ0n) is 15.2. The second-order valence-corrected chi connectivity index (χ2v) is 6.84. The van der Waals surface area contributed by atoms with E-state index in [0.717, 1.165) is 11.3 Å². The van der Waals surface area contributed by atoms with Gasteiger partial charge in [-0.25, -0.2) is 18.5 Å². The lowest BCUT2D eigenvalue weighted by Crippen LogP contribution is -2.30. The van der Waals surface area contributed by atoms with Crippen LogP contribution in [-0.2, 0) is 23.0 Å². The van der Waals surface area contributed by atoms with Gasteiger partial charge in [-0.15, -0.1) is 0 Å². The van der Waals surface area contributed by atoms with Crippen molar-refractivity contribution in [2.24, 2.45) is 12.0 Å². The number of rotatable bonds is 6. The van der Waals surface area contributed by atoms with Crippen molar-refractivity contribution in [3.8, 4) is 5.69 Å². The Labute approximate surface area is 161 Å². The Balaban J connectivity index is 2.02. The summed E-state index contributed by atoms with van der Waals surface area (Å²) in [6.45, 7) is 2.05. The average Bonchev–Trinajstić information content (AvgIpc) is 2.97. The first-order valence-corrected chi connectivity index (χ1v) is 9.46. The molecule has 1 aromatic heterocycles. The number of hydrogen-bond donors (Lipinski definition) is 0. The molecule has 0 saturated heterocycles. The van der Waals surface area contributed by atoms with Gasteiger partial charge in [0.1, 0.15) is 0 Å². The van der Waals surface area contributed by atoms with E-state index in [1.165, 1.54) is 16.1 Å². The van der Waals surface area contributed by atoms with Crippen molar-refractivity contribution < 1.29 is 9.53 Å². The summed E-state index contributed by atoms with van der Waals surface area (Å²) in [5, 5.41) is 0. The van der Waals surface area contributed by atoms with Crippen molar-refractivity contribution in [2.45, 2.75) is 19.4 Å². The number of hydrogen-bond acceptors (Lipinski definition) is 5. The van der Waals surface area contributed by atoms with Gasteiger partial charge in [0.2, 0.25) is 4.80 Å². The summed E-state index contributed by atoms with van der Waals surface area (Å²) < 4.78 is 8.20. The number of nitrogens with zero attached hydrogens (tertiary/aromatic N) is 3. The molecule has 0 spiro atoms. The molecule has 3 aromatic rings. The van der Waals surface area contributed by atoms with Crippen molar-refractivity contribution in [1.82, 2.24) is 8.52 Å². The van der Waals surface area contributed by atoms with Crippen LogP contribution in [0.25, 0.3) is 5.69 Å². The topological polar surface area (TPSA) is 65.6 Å². The standard InChI is InChI=1S/C20H21N3O3S/c1-3-26-18(24)17(14-15-10-6-4-7-11-15)21-19-22(2)20(25)23(27-19)16-12-8-5-9-13-16/h4-13,17H,3,14H2,1-2H3. The number of carbonyl (C=O) groups is 1. The van der Waals surface area contributed by atoms with E-state index in [0.29, 0.717) is 11.2 Å². The quantitative estimate of drug-likeness (QED) is 0.614. The summed E-state index contributed by atoms with van der Waals surface area (Å²) in [7, 11) is 1.65. The summed E-state index contributed by atoms with van der Waals surface area (Å²) >= 11 is 1.21. The van der Waals surface area contributed by atoms with Crippen molar-refractivity contribution >= 4 is 17.5 Å². The maximum Gasteiger partial charge on any atom is 0.344 e. The van der Waals surface area contributed by atoms with Crippen LogP contribution in [0, 0.1) is 0 Å². The highest BCUT2D eigenvalue weighted by Crippen LogP contribution is 2.09. The second kappa shape index (κ2) is 8.64. The van der Waals surface area contributed by atoms with Gasteiger partial charge in [0.15, 0.2) is 6.04 Å². The molecule has 0 aliphatic carbocycles. The van der Waals surface area contributed by atoms with Gasteiger partial charge < -0.3 is 4.74 Å². The maximum absolute atomic E-state index is 12.6. The lowest BCUT2D eigenvalue weighted by atomic mass is 10.1. The third kappa shape index (κ3) is 4.43. The Hall–Kier alpha value is -2.93. The molecule has 140 valence electrons. The van der Waals surface area contributed by atoms with Crippen LogP contribution in [0.15, 0.2) is 70.5 Å². The molecular weight excluding hydrogens is 362 g/mol. The highest BCUT2D eigenvalue weighted by molar-refractivity contribution is 7.03. The second-order valence-electron chi connectivity index (χ2n) is 5.93. The molecule has 0 aliphatic rings. The van der Waals surface area contributed by atoms with E-state index < -0.39 is 12.0 Å². The third-order valence-corrected chi connectivity index (χ3v) is 5.10. The van der Waals surface area contributed by atoms with Crippen LogP contribution in [0.4, 0.5) is 0 Å². The van der Waals surface area contributed by atoms with Crippen LogP contribution < -0.4 is 10.5 Å². The van der Waals surface area contributed by atoms with E-state index in [4.69, 9.17) is 4.74 Å². The lowest BCUT2D eigenvalue weighted by Gasteiger charge is -2.11. The van der Waals surface area contributed by atoms with Gasteiger partial charge in [0, 0.05) is 13.5 Å². The predicted octanol–water partition coefficient (Wildman–Crippen LogP) is 2.31. The summed E-state index contributed by atoms with van der Waals surface area (Å²) in [5.74, 6) is -0.395. The highest BCUT2D eigenvalue weighted by Gasteiger charge is 2.20. The summed E-state index contributed by atoms with van der Waals surface area (Å²) in [5.41, 5.74) is 1.55. The van der Waals surface area contributed by atoms with E-state index >= 15 is 0 Å². The largest absolute Gasteiger partial charge is 0.464 e. The molecule has 7 heteroatoms. The molecule has 1 heterocycles. The Morgan fingerprint density at radius 1 is 1.11 bits per heavy atom. The number of benzene rings is 2. The summed E-state index contributed by atoms with van der Waals surface area (Å²) in [6.07, 6.45) is 0.414. The first-order chi connectivity index (χ1) is 13.1. The molecule has 0 N–H and O–H groups in total. The number of carbonyl (C=O) groups excluding carboxylic acids is 1. The third-order valence-electron chi connectivity index (χ3n) is 4.01. The Bertz CT molecular complexity index is 1020. The van der Waals surface area contributed by atoms with Crippen LogP contribution in [0.5, 0.6) is 0 Å². The molecule has 1 atom stereocenters. The molecule has 27 heavy (non-hydrogen) atoms. The zero-order valence-corrected chi connectivity index (χ0v) is 16.1. The minimum atomic E-state index is -0.708. The molecule has 6 nitrogen and oxygen atoms in total. The predicted molar refractivity (Wildman–Crippen MR) is 105 cm³/mol. The van der Waals surface area contributed by atoms with Gasteiger partial charge in [0.25, 0.3) is 0 Å². The van der Waals surface area contributed by atoms with Gasteiger partial charge in [-0.05, 0) is 36.2 Å². The number of ether oxygens (including phenoxy) is 1. The molecule has 0 aliphatic heterocycles. The molecule has 0 amide bonds. The minimum Gasteiger partial charge on any atom is -0.464 e. The highest BCUT2D eigenvalue weighted by atomic mass is 32.1. The molecule has 0 saturated carbocycles. The summed E-state index contributed by atoms with van der Waals surface area (Å²) in [6, 6.07) is 18.3. The van der Waals surface area contributed by atoms with Gasteiger partial charge in [-0.1, -0.05) is 48.5 Å². The number of aromatic nitrogens is 2. The number of para-hydroxylation sites is 1. The smallest absolute Gasteiger partial charge is 0.344 e. The van der Waals surface area contributed by atoms with E-state index in [9.17, 15) is 9.59 Å². The van der Waals surface area contributed by atoms with E-state index in [1.807, 2.05) is 60.7 Å². The number of esters is 1. The summed E-state index contributed by atoms with van der Waals surface area (Å²) in [4.78, 5) is 30.0. The Morgan fingerprint density at radius 3 is 2.37 bits per heavy atom. The monoisotopic (exact) mass is 383 g/mol. The first kappa shape index (κ1) is 18.8. The zero-order chi connectivity index (χ0) is 19.2. The fourth-order valence-electron chi connectivity index (χ4n) is 2.63. The first-order valence-electron chi connectivity index (χ1n) is 8.69. The van der Waals surface area contributed by atoms with Crippen molar-refractivity contribution in [3.63, 3.8) is 0 Å². The van der Waals surface area contributed by atoms with Crippen molar-refractivity contribution in [3.05, 3.63) is 81.5 Å². The van der Waals surface area contributed by atoms with Crippen molar-refractivity contribution in [1.29, 1.82) is 0 Å². The molecule has 0 bridgehead atoms. The maximum atomic E-state index is 12.6. The fourth-order valence-corrected chi connectivity index (χ4v) is 3.59. The Kier molecular flexibility index (Phi) is 6.03. The molecule has 0 radical (unpaired) electrons. The van der Waals surface area contributed by atoms with Gasteiger partial charge in [-0.3, -0.25) is 4.57 Å². The van der Waals surface area contributed by atoms with E-state index in [1.54, 1.807) is 17.9 Å². The average molecular weight is 383 g/mol. The van der Waals surface area contributed by atoms with Crippen LogP contribution >= 0.6 is 11.5 Å². The van der Waals surface area contributed by atoms with Crippen LogP contribution in [0.3, 0.4) is 0 Å². The Morgan fingerprint density at radius 2 is 1.74 bits per heavy atom. The molecule has 1 unspecified atom stereocenters. The van der Waals surface area contributed by atoms with Crippen molar-refractivity contribution in [2.75, 3.05) is 6.61 Å². The fraction of sp³-hybridized carbons (Fsp3) is 0.250. The molecular formula is C20H21N3O3S. The van der Waals surface area contributed by atoms with Gasteiger partial charge in [-0.2, -0.15) is 0 Å². The molecule has 3 rings (SSSR count). The van der Waals surface area contributed by atoms with E-state index in [2.05, 4.69) is 4.99 Å². The minimum absolute atomic E-state index is 0.202.